The fraction of sp³-hybridized carbons (Fsp3) is 0.875. The van der Waals surface area contributed by atoms with Gasteiger partial charge < -0.3 is 15.3 Å². The normalized spacial score (nSPS) is 25.9. The summed E-state index contributed by atoms with van der Waals surface area (Å²) in [6.07, 6.45) is 0.121. The van der Waals surface area contributed by atoms with Crippen LogP contribution >= 0.6 is 0 Å². The van der Waals surface area contributed by atoms with Crippen LogP contribution in [0.15, 0.2) is 0 Å². The van der Waals surface area contributed by atoms with Crippen LogP contribution in [0.4, 0.5) is 0 Å². The van der Waals surface area contributed by atoms with Crippen molar-refractivity contribution < 1.29 is 9.90 Å². The number of rotatable bonds is 2. The molecule has 0 aromatic rings. The summed E-state index contributed by atoms with van der Waals surface area (Å²) < 4.78 is 0. The Balaban J connectivity index is 2.41. The molecule has 0 unspecified atom stereocenters. The Bertz CT molecular complexity index is 170. The van der Waals surface area contributed by atoms with E-state index in [2.05, 4.69) is 5.32 Å². The zero-order valence-corrected chi connectivity index (χ0v) is 7.58. The molecular formula is C8H16N2O2. The lowest BCUT2D eigenvalue weighted by molar-refractivity contribution is -0.138. The first-order valence-electron chi connectivity index (χ1n) is 4.29. The number of carbonyl (C=O) groups excluding carboxylic acids is 1. The maximum absolute atomic E-state index is 11.3. The lowest BCUT2D eigenvalue weighted by Crippen LogP contribution is -2.38. The lowest BCUT2D eigenvalue weighted by Gasteiger charge is -2.17. The van der Waals surface area contributed by atoms with Crippen LogP contribution in [-0.4, -0.2) is 48.2 Å². The predicted molar refractivity (Wildman–Crippen MR) is 45.7 cm³/mol. The van der Waals surface area contributed by atoms with E-state index in [1.807, 2.05) is 7.05 Å². The average Bonchev–Trinajstić information content (AvgIpc) is 2.50. The number of hydrogen-bond donors (Lipinski definition) is 2. The Morgan fingerprint density at radius 1 is 1.75 bits per heavy atom. The Morgan fingerprint density at radius 2 is 2.42 bits per heavy atom. The third kappa shape index (κ3) is 1.95. The van der Waals surface area contributed by atoms with Crippen molar-refractivity contribution in [2.75, 3.05) is 20.1 Å². The molecule has 1 rings (SSSR count). The minimum absolute atomic E-state index is 0.159. The SMILES string of the molecule is CN[C@H]1CCN(C(=O)[C@@H](C)O)C1. The molecular weight excluding hydrogens is 156 g/mol. The van der Waals surface area contributed by atoms with Gasteiger partial charge in [0.2, 0.25) is 0 Å². The van der Waals surface area contributed by atoms with Crippen LogP contribution in [0.2, 0.25) is 0 Å². The van der Waals surface area contributed by atoms with Crippen molar-refractivity contribution >= 4 is 5.91 Å². The second-order valence-electron chi connectivity index (χ2n) is 3.23. The van der Waals surface area contributed by atoms with Crippen LogP contribution in [0.5, 0.6) is 0 Å². The number of hydrogen-bond acceptors (Lipinski definition) is 3. The van der Waals surface area contributed by atoms with Crippen molar-refractivity contribution in [1.82, 2.24) is 10.2 Å². The fourth-order valence-electron chi connectivity index (χ4n) is 1.46. The van der Waals surface area contributed by atoms with Crippen LogP contribution in [0, 0.1) is 0 Å². The number of nitrogens with one attached hydrogen (secondary N) is 1. The molecule has 1 fully saturated rings. The smallest absolute Gasteiger partial charge is 0.251 e. The van der Waals surface area contributed by atoms with Gasteiger partial charge in [0.05, 0.1) is 0 Å². The summed E-state index contributed by atoms with van der Waals surface area (Å²) >= 11 is 0. The van der Waals surface area contributed by atoms with Crippen molar-refractivity contribution in [2.45, 2.75) is 25.5 Å². The summed E-state index contributed by atoms with van der Waals surface area (Å²) in [7, 11) is 1.89. The van der Waals surface area contributed by atoms with E-state index >= 15 is 0 Å². The molecule has 0 spiro atoms. The summed E-state index contributed by atoms with van der Waals surface area (Å²) in [4.78, 5) is 13.0. The van der Waals surface area contributed by atoms with Gasteiger partial charge in [-0.3, -0.25) is 4.79 Å². The first-order valence-corrected chi connectivity index (χ1v) is 4.29. The van der Waals surface area contributed by atoms with Crippen molar-refractivity contribution in [3.05, 3.63) is 0 Å². The monoisotopic (exact) mass is 172 g/mol. The first-order chi connectivity index (χ1) is 5.65. The van der Waals surface area contributed by atoms with Gasteiger partial charge in [0.15, 0.2) is 0 Å². The van der Waals surface area contributed by atoms with E-state index in [0.29, 0.717) is 6.04 Å². The summed E-state index contributed by atoms with van der Waals surface area (Å²) in [6, 6.07) is 0.396. The Labute approximate surface area is 72.6 Å². The fourth-order valence-corrected chi connectivity index (χ4v) is 1.46. The number of aliphatic hydroxyl groups excluding tert-OH is 1. The molecule has 4 heteroatoms. The molecule has 1 aliphatic heterocycles. The van der Waals surface area contributed by atoms with Crippen molar-refractivity contribution in [3.8, 4) is 0 Å². The Morgan fingerprint density at radius 3 is 2.83 bits per heavy atom. The minimum Gasteiger partial charge on any atom is -0.384 e. The summed E-state index contributed by atoms with van der Waals surface area (Å²) in [5.41, 5.74) is 0. The molecule has 1 aliphatic rings. The van der Waals surface area contributed by atoms with Crippen molar-refractivity contribution in [2.24, 2.45) is 0 Å². The molecule has 1 heterocycles. The third-order valence-electron chi connectivity index (χ3n) is 2.27. The molecule has 1 amide bonds. The molecule has 2 atom stereocenters. The lowest BCUT2D eigenvalue weighted by atomic mass is 10.3. The molecule has 70 valence electrons. The maximum Gasteiger partial charge on any atom is 0.251 e. The van der Waals surface area contributed by atoms with Gasteiger partial charge in [-0.15, -0.1) is 0 Å². The summed E-state index contributed by atoms with van der Waals surface area (Å²) in [5, 5.41) is 12.1. The van der Waals surface area contributed by atoms with Crippen LogP contribution in [0.3, 0.4) is 0 Å². The standard InChI is InChI=1S/C8H16N2O2/c1-6(11)8(12)10-4-3-7(5-10)9-2/h6-7,9,11H,3-5H2,1-2H3/t6-,7+/m1/s1. The van der Waals surface area contributed by atoms with Crippen molar-refractivity contribution in [1.29, 1.82) is 0 Å². The molecule has 2 N–H and O–H groups in total. The zero-order chi connectivity index (χ0) is 9.14. The van der Waals surface area contributed by atoms with Gasteiger partial charge in [0.1, 0.15) is 6.10 Å². The molecule has 0 bridgehead atoms. The highest BCUT2D eigenvalue weighted by atomic mass is 16.3. The topological polar surface area (TPSA) is 52.6 Å². The van der Waals surface area contributed by atoms with Gasteiger partial charge in [0, 0.05) is 19.1 Å². The molecule has 4 nitrogen and oxygen atoms in total. The highest BCUT2D eigenvalue weighted by Gasteiger charge is 2.26. The highest BCUT2D eigenvalue weighted by Crippen LogP contribution is 2.09. The number of likely N-dealkylation sites (N-methyl/N-ethyl adjacent to an activating group) is 1. The van der Waals surface area contributed by atoms with Crippen molar-refractivity contribution in [3.63, 3.8) is 0 Å². The number of likely N-dealkylation sites (tertiary alicyclic amines) is 1. The molecule has 0 aromatic carbocycles. The molecule has 0 aromatic heterocycles. The van der Waals surface area contributed by atoms with Gasteiger partial charge >= 0.3 is 0 Å². The maximum atomic E-state index is 11.3. The van der Waals surface area contributed by atoms with E-state index < -0.39 is 6.10 Å². The molecule has 1 saturated heterocycles. The second kappa shape index (κ2) is 3.87. The number of aliphatic hydroxyl groups is 1. The van der Waals surface area contributed by atoms with Gasteiger partial charge in [0.25, 0.3) is 5.91 Å². The molecule has 0 radical (unpaired) electrons. The number of carbonyl (C=O) groups is 1. The number of nitrogens with zero attached hydrogens (tertiary/aromatic N) is 1. The highest BCUT2D eigenvalue weighted by molar-refractivity contribution is 5.80. The Hall–Kier alpha value is -0.610. The van der Waals surface area contributed by atoms with Gasteiger partial charge in [-0.25, -0.2) is 0 Å². The van der Waals surface area contributed by atoms with E-state index in [-0.39, 0.29) is 5.91 Å². The Kier molecular flexibility index (Phi) is 3.05. The van der Waals surface area contributed by atoms with E-state index in [1.165, 1.54) is 6.92 Å². The molecule has 12 heavy (non-hydrogen) atoms. The largest absolute Gasteiger partial charge is 0.384 e. The molecule has 0 saturated carbocycles. The van der Waals surface area contributed by atoms with Gasteiger partial charge in [-0.05, 0) is 20.4 Å². The van der Waals surface area contributed by atoms with Gasteiger partial charge in [-0.2, -0.15) is 0 Å². The predicted octanol–water partition coefficient (Wildman–Crippen LogP) is -0.812. The minimum atomic E-state index is -0.861. The van der Waals surface area contributed by atoms with E-state index in [9.17, 15) is 4.79 Å². The quantitative estimate of drug-likeness (QED) is 0.572. The van der Waals surface area contributed by atoms with Crippen LogP contribution < -0.4 is 5.32 Å². The zero-order valence-electron chi connectivity index (χ0n) is 7.58. The third-order valence-corrected chi connectivity index (χ3v) is 2.27. The van der Waals surface area contributed by atoms with E-state index in [4.69, 9.17) is 5.11 Å². The molecule has 0 aliphatic carbocycles. The first kappa shape index (κ1) is 9.48. The van der Waals surface area contributed by atoms with Crippen LogP contribution in [0.25, 0.3) is 0 Å². The summed E-state index contributed by atoms with van der Waals surface area (Å²) in [6.45, 7) is 2.99. The summed E-state index contributed by atoms with van der Waals surface area (Å²) in [5.74, 6) is -0.159. The average molecular weight is 172 g/mol. The van der Waals surface area contributed by atoms with Crippen LogP contribution in [0.1, 0.15) is 13.3 Å². The second-order valence-corrected chi connectivity index (χ2v) is 3.23. The van der Waals surface area contributed by atoms with E-state index in [1.54, 1.807) is 4.90 Å². The number of amides is 1. The van der Waals surface area contributed by atoms with Crippen LogP contribution in [-0.2, 0) is 4.79 Å². The van der Waals surface area contributed by atoms with Gasteiger partial charge in [-0.1, -0.05) is 0 Å². The van der Waals surface area contributed by atoms with E-state index in [0.717, 1.165) is 19.5 Å².